The molecule has 0 rings (SSSR count). The van der Waals surface area contributed by atoms with Gasteiger partial charge >= 0.3 is 6.18 Å². The van der Waals surface area contributed by atoms with Gasteiger partial charge in [-0.05, 0) is 31.7 Å². The molecule has 0 radical (unpaired) electrons. The standard InChI is InChI=1S/C11H22F3N/c1-10(2,3)7-5-9(15-4)6-8-11(12,13)14/h9,15H,5-8H2,1-4H3. The first-order valence-corrected chi connectivity index (χ1v) is 5.38. The van der Waals surface area contributed by atoms with Gasteiger partial charge in [0.25, 0.3) is 0 Å². The lowest BCUT2D eigenvalue weighted by atomic mass is 9.88. The zero-order valence-corrected chi connectivity index (χ0v) is 10.0. The minimum atomic E-state index is -4.03. The van der Waals surface area contributed by atoms with Gasteiger partial charge in [0, 0.05) is 12.5 Å². The summed E-state index contributed by atoms with van der Waals surface area (Å²) < 4.78 is 36.0. The Kier molecular flexibility index (Phi) is 5.63. The summed E-state index contributed by atoms with van der Waals surface area (Å²) >= 11 is 0. The van der Waals surface area contributed by atoms with Gasteiger partial charge in [0.2, 0.25) is 0 Å². The van der Waals surface area contributed by atoms with E-state index < -0.39 is 12.6 Å². The summed E-state index contributed by atoms with van der Waals surface area (Å²) in [5.74, 6) is 0. The SMILES string of the molecule is CNC(CCC(C)(C)C)CCC(F)(F)F. The second kappa shape index (κ2) is 5.73. The molecule has 0 aromatic heterocycles. The van der Waals surface area contributed by atoms with Crippen LogP contribution in [0.3, 0.4) is 0 Å². The Hall–Kier alpha value is -0.250. The van der Waals surface area contributed by atoms with Gasteiger partial charge in [0.15, 0.2) is 0 Å². The van der Waals surface area contributed by atoms with Crippen molar-refractivity contribution in [1.82, 2.24) is 5.32 Å². The quantitative estimate of drug-likeness (QED) is 0.751. The van der Waals surface area contributed by atoms with Crippen molar-refractivity contribution in [3.05, 3.63) is 0 Å². The van der Waals surface area contributed by atoms with Crippen LogP contribution in [0.2, 0.25) is 0 Å². The molecule has 0 aliphatic carbocycles. The first kappa shape index (κ1) is 14.8. The van der Waals surface area contributed by atoms with Crippen molar-refractivity contribution in [1.29, 1.82) is 0 Å². The van der Waals surface area contributed by atoms with Crippen LogP contribution >= 0.6 is 0 Å². The van der Waals surface area contributed by atoms with Crippen molar-refractivity contribution in [3.63, 3.8) is 0 Å². The van der Waals surface area contributed by atoms with Crippen LogP contribution in [-0.4, -0.2) is 19.3 Å². The average molecular weight is 225 g/mol. The van der Waals surface area contributed by atoms with Gasteiger partial charge in [-0.2, -0.15) is 13.2 Å². The fraction of sp³-hybridized carbons (Fsp3) is 1.00. The van der Waals surface area contributed by atoms with E-state index in [-0.39, 0.29) is 17.9 Å². The molecule has 0 saturated carbocycles. The molecule has 0 aromatic carbocycles. The number of nitrogens with one attached hydrogen (secondary N) is 1. The number of rotatable bonds is 5. The number of hydrogen-bond acceptors (Lipinski definition) is 1. The molecule has 0 bridgehead atoms. The summed E-state index contributed by atoms with van der Waals surface area (Å²) in [5, 5.41) is 2.95. The van der Waals surface area contributed by atoms with Crippen molar-refractivity contribution in [2.24, 2.45) is 5.41 Å². The molecule has 15 heavy (non-hydrogen) atoms. The zero-order chi connectivity index (χ0) is 12.1. The van der Waals surface area contributed by atoms with E-state index in [1.165, 1.54) is 0 Å². The molecule has 92 valence electrons. The van der Waals surface area contributed by atoms with Gasteiger partial charge in [0.1, 0.15) is 0 Å². The minimum Gasteiger partial charge on any atom is -0.317 e. The molecule has 4 heteroatoms. The van der Waals surface area contributed by atoms with Crippen LogP contribution in [-0.2, 0) is 0 Å². The monoisotopic (exact) mass is 225 g/mol. The molecule has 0 heterocycles. The van der Waals surface area contributed by atoms with E-state index in [1.807, 2.05) is 0 Å². The van der Waals surface area contributed by atoms with E-state index in [0.717, 1.165) is 12.8 Å². The molecule has 0 saturated heterocycles. The van der Waals surface area contributed by atoms with Crippen LogP contribution < -0.4 is 5.32 Å². The van der Waals surface area contributed by atoms with Crippen LogP contribution in [0, 0.1) is 5.41 Å². The van der Waals surface area contributed by atoms with Crippen LogP contribution in [0.4, 0.5) is 13.2 Å². The number of hydrogen-bond donors (Lipinski definition) is 1. The maximum Gasteiger partial charge on any atom is 0.389 e. The Bertz CT molecular complexity index is 152. The van der Waals surface area contributed by atoms with Crippen LogP contribution in [0.25, 0.3) is 0 Å². The minimum absolute atomic E-state index is 0.0224. The van der Waals surface area contributed by atoms with E-state index in [2.05, 4.69) is 26.1 Å². The van der Waals surface area contributed by atoms with Crippen LogP contribution in [0.5, 0.6) is 0 Å². The number of halogens is 3. The Morgan fingerprint density at radius 3 is 1.80 bits per heavy atom. The Morgan fingerprint density at radius 1 is 1.00 bits per heavy atom. The maximum atomic E-state index is 12.0. The predicted octanol–water partition coefficient (Wildman–Crippen LogP) is 3.74. The number of alkyl halides is 3. The fourth-order valence-electron chi connectivity index (χ4n) is 1.38. The van der Waals surface area contributed by atoms with Crippen molar-refractivity contribution in [3.8, 4) is 0 Å². The Morgan fingerprint density at radius 2 is 1.47 bits per heavy atom. The third-order valence-electron chi connectivity index (χ3n) is 2.43. The highest BCUT2D eigenvalue weighted by Gasteiger charge is 2.28. The molecular formula is C11H22F3N. The van der Waals surface area contributed by atoms with Crippen molar-refractivity contribution in [2.45, 2.75) is 58.7 Å². The van der Waals surface area contributed by atoms with Crippen molar-refractivity contribution >= 4 is 0 Å². The zero-order valence-electron chi connectivity index (χ0n) is 10.0. The summed E-state index contributed by atoms with van der Waals surface area (Å²) in [7, 11) is 1.73. The largest absolute Gasteiger partial charge is 0.389 e. The smallest absolute Gasteiger partial charge is 0.317 e. The molecule has 0 amide bonds. The molecule has 1 N–H and O–H groups in total. The lowest BCUT2D eigenvalue weighted by Crippen LogP contribution is -2.28. The van der Waals surface area contributed by atoms with Crippen LogP contribution in [0.1, 0.15) is 46.5 Å². The van der Waals surface area contributed by atoms with Gasteiger partial charge in [-0.1, -0.05) is 20.8 Å². The molecular weight excluding hydrogens is 203 g/mol. The lowest BCUT2D eigenvalue weighted by Gasteiger charge is -2.23. The highest BCUT2D eigenvalue weighted by molar-refractivity contribution is 4.71. The second-order valence-corrected chi connectivity index (χ2v) is 5.24. The highest BCUT2D eigenvalue weighted by atomic mass is 19.4. The van der Waals surface area contributed by atoms with E-state index in [1.54, 1.807) is 7.05 Å². The summed E-state index contributed by atoms with van der Waals surface area (Å²) in [6, 6.07) is -0.0224. The summed E-state index contributed by atoms with van der Waals surface area (Å²) in [4.78, 5) is 0. The highest BCUT2D eigenvalue weighted by Crippen LogP contribution is 2.26. The first-order chi connectivity index (χ1) is 6.64. The third-order valence-corrected chi connectivity index (χ3v) is 2.43. The summed E-state index contributed by atoms with van der Waals surface area (Å²) in [6.07, 6.45) is -2.80. The second-order valence-electron chi connectivity index (χ2n) is 5.24. The lowest BCUT2D eigenvalue weighted by molar-refractivity contribution is -0.136. The summed E-state index contributed by atoms with van der Waals surface area (Å²) in [6.45, 7) is 6.30. The molecule has 0 aliphatic rings. The molecule has 1 atom stereocenters. The Labute approximate surface area is 90.4 Å². The van der Waals surface area contributed by atoms with Gasteiger partial charge in [0.05, 0.1) is 0 Å². The molecule has 1 unspecified atom stereocenters. The van der Waals surface area contributed by atoms with Gasteiger partial charge in [-0.25, -0.2) is 0 Å². The van der Waals surface area contributed by atoms with Crippen LogP contribution in [0.15, 0.2) is 0 Å². The molecule has 0 aliphatic heterocycles. The van der Waals surface area contributed by atoms with E-state index in [9.17, 15) is 13.2 Å². The third kappa shape index (κ3) is 10.0. The molecule has 0 spiro atoms. The van der Waals surface area contributed by atoms with E-state index in [4.69, 9.17) is 0 Å². The Balaban J connectivity index is 3.84. The van der Waals surface area contributed by atoms with Crippen molar-refractivity contribution in [2.75, 3.05) is 7.05 Å². The van der Waals surface area contributed by atoms with Gasteiger partial charge < -0.3 is 5.32 Å². The fourth-order valence-corrected chi connectivity index (χ4v) is 1.38. The predicted molar refractivity (Wildman–Crippen MR) is 56.8 cm³/mol. The van der Waals surface area contributed by atoms with Crippen molar-refractivity contribution < 1.29 is 13.2 Å². The molecule has 0 fully saturated rings. The van der Waals surface area contributed by atoms with Gasteiger partial charge in [-0.3, -0.25) is 0 Å². The van der Waals surface area contributed by atoms with E-state index in [0.29, 0.717) is 0 Å². The first-order valence-electron chi connectivity index (χ1n) is 5.38. The average Bonchev–Trinajstić information content (AvgIpc) is 2.00. The topological polar surface area (TPSA) is 12.0 Å². The maximum absolute atomic E-state index is 12.0. The van der Waals surface area contributed by atoms with Gasteiger partial charge in [-0.15, -0.1) is 0 Å². The normalized spacial score (nSPS) is 15.4. The molecule has 0 aromatic rings. The summed E-state index contributed by atoms with van der Waals surface area (Å²) in [5.41, 5.74) is 0.188. The van der Waals surface area contributed by atoms with E-state index >= 15 is 0 Å². The molecule has 1 nitrogen and oxygen atoms in total.